The number of benzene rings is 1. The number of primary sulfonamides is 1. The summed E-state index contributed by atoms with van der Waals surface area (Å²) in [5, 5.41) is 12.3. The number of amides is 2. The van der Waals surface area contributed by atoms with Crippen LogP contribution in [0.25, 0.3) is 10.6 Å². The van der Waals surface area contributed by atoms with E-state index in [9.17, 15) is 13.2 Å². The molecule has 1 aromatic carbocycles. The standard InChI is InChI=1S/C17H16N4O3S2/c1-11-12(8-9-13(19-11)15-6-4-10-25-15)20-17(22)21-14-5-2-3-7-16(14)26(18,23)24/h2-10H,1H3,(H2,18,23,24)(H2,20,21,22). The van der Waals surface area contributed by atoms with Crippen molar-refractivity contribution >= 4 is 38.8 Å². The molecule has 4 N–H and O–H groups in total. The summed E-state index contributed by atoms with van der Waals surface area (Å²) in [5.74, 6) is 0. The molecule has 0 unspecified atom stereocenters. The van der Waals surface area contributed by atoms with Crippen LogP contribution in [0, 0.1) is 6.92 Å². The Morgan fingerprint density at radius 3 is 2.42 bits per heavy atom. The number of thiophene rings is 1. The first-order valence-corrected chi connectivity index (χ1v) is 9.98. The zero-order chi connectivity index (χ0) is 18.7. The number of para-hydroxylation sites is 1. The number of rotatable bonds is 4. The summed E-state index contributed by atoms with van der Waals surface area (Å²) in [6, 6.07) is 12.8. The number of anilines is 2. The largest absolute Gasteiger partial charge is 0.323 e. The van der Waals surface area contributed by atoms with Gasteiger partial charge in [-0.3, -0.25) is 4.98 Å². The SMILES string of the molecule is Cc1nc(-c2cccs2)ccc1NC(=O)Nc1ccccc1S(N)(=O)=O. The summed E-state index contributed by atoms with van der Waals surface area (Å²) in [6.45, 7) is 1.78. The van der Waals surface area contributed by atoms with Crippen LogP contribution in [0.15, 0.2) is 58.8 Å². The van der Waals surface area contributed by atoms with E-state index < -0.39 is 16.1 Å². The van der Waals surface area contributed by atoms with Crippen LogP contribution in [-0.2, 0) is 10.0 Å². The minimum Gasteiger partial charge on any atom is -0.306 e. The summed E-state index contributed by atoms with van der Waals surface area (Å²) >= 11 is 1.58. The molecule has 0 radical (unpaired) electrons. The average molecular weight is 388 g/mol. The second-order valence-corrected chi connectivity index (χ2v) is 7.90. The molecule has 0 bridgehead atoms. The highest BCUT2D eigenvalue weighted by Gasteiger charge is 2.15. The van der Waals surface area contributed by atoms with Crippen molar-refractivity contribution in [3.63, 3.8) is 0 Å². The molecule has 3 aromatic rings. The molecule has 2 aromatic heterocycles. The van der Waals surface area contributed by atoms with Crippen LogP contribution in [-0.4, -0.2) is 19.4 Å². The first-order valence-electron chi connectivity index (χ1n) is 7.56. The number of nitrogens with two attached hydrogens (primary N) is 1. The molecule has 0 spiro atoms. The number of aryl methyl sites for hydroxylation is 1. The Kier molecular flexibility index (Phi) is 5.03. The van der Waals surface area contributed by atoms with Crippen molar-refractivity contribution in [3.05, 3.63) is 59.6 Å². The van der Waals surface area contributed by atoms with Gasteiger partial charge in [0.15, 0.2) is 0 Å². The molecule has 26 heavy (non-hydrogen) atoms. The number of hydrogen-bond acceptors (Lipinski definition) is 5. The quantitative estimate of drug-likeness (QED) is 0.635. The van der Waals surface area contributed by atoms with Crippen molar-refractivity contribution < 1.29 is 13.2 Å². The number of hydrogen-bond donors (Lipinski definition) is 3. The van der Waals surface area contributed by atoms with Gasteiger partial charge in [-0.2, -0.15) is 0 Å². The third kappa shape index (κ3) is 4.07. The van der Waals surface area contributed by atoms with E-state index in [1.807, 2.05) is 23.6 Å². The van der Waals surface area contributed by atoms with Gasteiger partial charge < -0.3 is 10.6 Å². The molecular weight excluding hydrogens is 372 g/mol. The van der Waals surface area contributed by atoms with Crippen molar-refractivity contribution in [1.29, 1.82) is 0 Å². The normalized spacial score (nSPS) is 11.2. The predicted molar refractivity (Wildman–Crippen MR) is 103 cm³/mol. The first kappa shape index (κ1) is 18.1. The predicted octanol–water partition coefficient (Wildman–Crippen LogP) is 3.41. The van der Waals surface area contributed by atoms with Gasteiger partial charge in [-0.15, -0.1) is 11.3 Å². The van der Waals surface area contributed by atoms with Crippen LogP contribution in [0.1, 0.15) is 5.69 Å². The Hall–Kier alpha value is -2.75. The Morgan fingerprint density at radius 2 is 1.77 bits per heavy atom. The van der Waals surface area contributed by atoms with Gasteiger partial charge in [0.1, 0.15) is 4.90 Å². The molecule has 9 heteroatoms. The molecule has 0 atom stereocenters. The summed E-state index contributed by atoms with van der Waals surface area (Å²) in [4.78, 5) is 17.6. The van der Waals surface area contributed by atoms with Gasteiger partial charge in [-0.25, -0.2) is 18.4 Å². The highest BCUT2D eigenvalue weighted by Crippen LogP contribution is 2.25. The van der Waals surface area contributed by atoms with Crippen LogP contribution in [0.4, 0.5) is 16.2 Å². The number of pyridine rings is 1. The van der Waals surface area contributed by atoms with Crippen molar-refractivity contribution in [2.45, 2.75) is 11.8 Å². The number of urea groups is 1. The van der Waals surface area contributed by atoms with E-state index in [0.717, 1.165) is 10.6 Å². The maximum atomic E-state index is 12.2. The Labute approximate surface area is 154 Å². The van der Waals surface area contributed by atoms with Gasteiger partial charge in [0.05, 0.1) is 27.6 Å². The topological polar surface area (TPSA) is 114 Å². The van der Waals surface area contributed by atoms with Crippen molar-refractivity contribution in [1.82, 2.24) is 4.98 Å². The Bertz CT molecular complexity index is 1050. The van der Waals surface area contributed by atoms with Crippen molar-refractivity contribution in [2.24, 2.45) is 5.14 Å². The zero-order valence-corrected chi connectivity index (χ0v) is 15.4. The summed E-state index contributed by atoms with van der Waals surface area (Å²) in [7, 11) is -3.94. The molecule has 0 saturated heterocycles. The number of nitrogens with one attached hydrogen (secondary N) is 2. The van der Waals surface area contributed by atoms with Gasteiger partial charge >= 0.3 is 6.03 Å². The minimum absolute atomic E-state index is 0.105. The molecule has 3 rings (SSSR count). The first-order chi connectivity index (χ1) is 12.3. The second kappa shape index (κ2) is 7.24. The minimum atomic E-state index is -3.94. The fourth-order valence-electron chi connectivity index (χ4n) is 2.35. The molecule has 2 amide bonds. The molecule has 0 aliphatic rings. The fraction of sp³-hybridized carbons (Fsp3) is 0.0588. The highest BCUT2D eigenvalue weighted by molar-refractivity contribution is 7.89. The summed E-state index contributed by atoms with van der Waals surface area (Å²) in [6.07, 6.45) is 0. The van der Waals surface area contributed by atoms with E-state index in [2.05, 4.69) is 15.6 Å². The van der Waals surface area contributed by atoms with Crippen LogP contribution in [0.5, 0.6) is 0 Å². The lowest BCUT2D eigenvalue weighted by molar-refractivity contribution is 0.262. The van der Waals surface area contributed by atoms with E-state index in [1.165, 1.54) is 18.2 Å². The lowest BCUT2D eigenvalue weighted by Crippen LogP contribution is -2.23. The van der Waals surface area contributed by atoms with Crippen LogP contribution >= 0.6 is 11.3 Å². The lowest BCUT2D eigenvalue weighted by Gasteiger charge is -2.12. The average Bonchev–Trinajstić information content (AvgIpc) is 3.11. The van der Waals surface area contributed by atoms with E-state index >= 15 is 0 Å². The maximum absolute atomic E-state index is 12.2. The van der Waals surface area contributed by atoms with Gasteiger partial charge in [-0.05, 0) is 42.6 Å². The number of aromatic nitrogens is 1. The second-order valence-electron chi connectivity index (χ2n) is 5.43. The number of carbonyl (C=O) groups is 1. The van der Waals surface area contributed by atoms with E-state index in [-0.39, 0.29) is 10.6 Å². The number of carbonyl (C=O) groups excluding carboxylic acids is 1. The summed E-state index contributed by atoms with van der Waals surface area (Å²) < 4.78 is 23.2. The van der Waals surface area contributed by atoms with Crippen molar-refractivity contribution in [3.8, 4) is 10.6 Å². The molecule has 0 saturated carbocycles. The Morgan fingerprint density at radius 1 is 1.04 bits per heavy atom. The van der Waals surface area contributed by atoms with E-state index in [1.54, 1.807) is 30.4 Å². The zero-order valence-electron chi connectivity index (χ0n) is 13.8. The molecule has 7 nitrogen and oxygen atoms in total. The molecule has 2 heterocycles. The number of sulfonamides is 1. The maximum Gasteiger partial charge on any atom is 0.323 e. The van der Waals surface area contributed by atoms with Crippen molar-refractivity contribution in [2.75, 3.05) is 10.6 Å². The van der Waals surface area contributed by atoms with Gasteiger partial charge in [0, 0.05) is 0 Å². The lowest BCUT2D eigenvalue weighted by atomic mass is 10.2. The van der Waals surface area contributed by atoms with Crippen LogP contribution in [0.2, 0.25) is 0 Å². The molecule has 0 aliphatic heterocycles. The number of nitrogens with zero attached hydrogens (tertiary/aromatic N) is 1. The highest BCUT2D eigenvalue weighted by atomic mass is 32.2. The molecule has 0 aliphatic carbocycles. The Balaban J connectivity index is 1.77. The third-order valence-corrected chi connectivity index (χ3v) is 5.41. The molecular formula is C17H16N4O3S2. The summed E-state index contributed by atoms with van der Waals surface area (Å²) in [5.41, 5.74) is 2.10. The van der Waals surface area contributed by atoms with Crippen LogP contribution < -0.4 is 15.8 Å². The van der Waals surface area contributed by atoms with Gasteiger partial charge in [-0.1, -0.05) is 18.2 Å². The van der Waals surface area contributed by atoms with E-state index in [4.69, 9.17) is 5.14 Å². The third-order valence-electron chi connectivity index (χ3n) is 3.55. The van der Waals surface area contributed by atoms with Crippen LogP contribution in [0.3, 0.4) is 0 Å². The monoisotopic (exact) mass is 388 g/mol. The van der Waals surface area contributed by atoms with Gasteiger partial charge in [0.25, 0.3) is 0 Å². The van der Waals surface area contributed by atoms with Gasteiger partial charge in [0.2, 0.25) is 10.0 Å². The fourth-order valence-corrected chi connectivity index (χ4v) is 3.74. The molecule has 134 valence electrons. The molecule has 0 fully saturated rings. The van der Waals surface area contributed by atoms with E-state index in [0.29, 0.717) is 11.4 Å². The smallest absolute Gasteiger partial charge is 0.306 e.